The number of hydrogen-bond acceptors (Lipinski definition) is 5. The van der Waals surface area contributed by atoms with Gasteiger partial charge in [0.25, 0.3) is 0 Å². The number of aryl methyl sites for hydroxylation is 1. The summed E-state index contributed by atoms with van der Waals surface area (Å²) in [5.41, 5.74) is 0. The van der Waals surface area contributed by atoms with Crippen molar-refractivity contribution in [3.8, 4) is 0 Å². The maximum absolute atomic E-state index is 5.21. The Bertz CT molecular complexity index is 445. The van der Waals surface area contributed by atoms with Gasteiger partial charge in [0, 0.05) is 37.6 Å². The van der Waals surface area contributed by atoms with Crippen LogP contribution in [0.3, 0.4) is 0 Å². The van der Waals surface area contributed by atoms with Crippen molar-refractivity contribution < 1.29 is 4.52 Å². The van der Waals surface area contributed by atoms with E-state index in [-0.39, 0.29) is 0 Å². The number of fused-ring (bicyclic) bond motifs is 2. The Hall–Kier alpha value is -0.940. The van der Waals surface area contributed by atoms with Crippen LogP contribution in [0.2, 0.25) is 0 Å². The monoisotopic (exact) mass is 278 g/mol. The maximum Gasteiger partial charge on any atom is 0.226 e. The standard InChI is InChI=1S/C15H26N4O/c1-4-15-16-14(17-20-15)10-18-8-7-12-5-6-13(9-18)19(12)11(2)3/h11-13H,4-10H2,1-3H3/t12-,13-/m0/s1. The summed E-state index contributed by atoms with van der Waals surface area (Å²) in [5.74, 6) is 1.59. The third kappa shape index (κ3) is 2.74. The molecule has 112 valence electrons. The second-order valence-electron chi connectivity index (χ2n) is 6.41. The second-order valence-corrected chi connectivity index (χ2v) is 6.41. The third-order valence-electron chi connectivity index (χ3n) is 4.70. The van der Waals surface area contributed by atoms with Gasteiger partial charge in [-0.1, -0.05) is 12.1 Å². The molecule has 1 aromatic rings. The van der Waals surface area contributed by atoms with Crippen molar-refractivity contribution in [2.24, 2.45) is 0 Å². The fourth-order valence-electron chi connectivity index (χ4n) is 3.87. The summed E-state index contributed by atoms with van der Waals surface area (Å²) in [6.07, 6.45) is 4.80. The summed E-state index contributed by atoms with van der Waals surface area (Å²) in [5, 5.41) is 4.09. The molecule has 0 aromatic carbocycles. The Morgan fingerprint density at radius 2 is 2.05 bits per heavy atom. The number of nitrogens with zero attached hydrogens (tertiary/aromatic N) is 4. The minimum absolute atomic E-state index is 0.657. The lowest BCUT2D eigenvalue weighted by Gasteiger charge is -2.32. The van der Waals surface area contributed by atoms with E-state index in [4.69, 9.17) is 4.52 Å². The van der Waals surface area contributed by atoms with E-state index < -0.39 is 0 Å². The molecule has 0 amide bonds. The van der Waals surface area contributed by atoms with E-state index in [2.05, 4.69) is 33.8 Å². The normalized spacial score (nSPS) is 28.2. The molecule has 3 heterocycles. The van der Waals surface area contributed by atoms with Crippen LogP contribution in [0.5, 0.6) is 0 Å². The Morgan fingerprint density at radius 3 is 2.75 bits per heavy atom. The molecule has 0 spiro atoms. The van der Waals surface area contributed by atoms with Gasteiger partial charge in [-0.2, -0.15) is 4.98 Å². The summed E-state index contributed by atoms with van der Waals surface area (Å²) >= 11 is 0. The predicted molar refractivity (Wildman–Crippen MR) is 77.4 cm³/mol. The average molecular weight is 278 g/mol. The molecule has 2 aliphatic heterocycles. The molecule has 0 N–H and O–H groups in total. The summed E-state index contributed by atoms with van der Waals surface area (Å²) < 4.78 is 5.21. The third-order valence-corrected chi connectivity index (χ3v) is 4.70. The lowest BCUT2D eigenvalue weighted by Crippen LogP contribution is -2.43. The number of likely N-dealkylation sites (tertiary alicyclic amines) is 1. The Morgan fingerprint density at radius 1 is 1.25 bits per heavy atom. The van der Waals surface area contributed by atoms with Crippen LogP contribution >= 0.6 is 0 Å². The van der Waals surface area contributed by atoms with Gasteiger partial charge < -0.3 is 4.52 Å². The van der Waals surface area contributed by atoms with Gasteiger partial charge >= 0.3 is 0 Å². The highest BCUT2D eigenvalue weighted by Gasteiger charge is 2.38. The second kappa shape index (κ2) is 5.82. The fourth-order valence-corrected chi connectivity index (χ4v) is 3.87. The molecule has 2 saturated heterocycles. The molecule has 0 radical (unpaired) electrons. The number of hydrogen-bond donors (Lipinski definition) is 0. The SMILES string of the molecule is CCc1nc(CN2CC[C@@H]3CC[C@@H](C2)N3C(C)C)no1. The van der Waals surface area contributed by atoms with E-state index in [0.29, 0.717) is 12.1 Å². The van der Waals surface area contributed by atoms with Crippen molar-refractivity contribution in [3.05, 3.63) is 11.7 Å². The average Bonchev–Trinajstić information content (AvgIpc) is 2.96. The van der Waals surface area contributed by atoms with Crippen molar-refractivity contribution in [1.29, 1.82) is 0 Å². The van der Waals surface area contributed by atoms with Crippen molar-refractivity contribution in [1.82, 2.24) is 19.9 Å². The van der Waals surface area contributed by atoms with Crippen molar-refractivity contribution in [3.63, 3.8) is 0 Å². The summed E-state index contributed by atoms with van der Waals surface area (Å²) in [6, 6.07) is 2.14. The minimum atomic E-state index is 0.657. The predicted octanol–water partition coefficient (Wildman–Crippen LogP) is 2.08. The molecule has 2 fully saturated rings. The number of rotatable bonds is 4. The Labute approximate surface area is 121 Å². The fraction of sp³-hybridized carbons (Fsp3) is 0.867. The molecule has 20 heavy (non-hydrogen) atoms. The Balaban J connectivity index is 1.65. The van der Waals surface area contributed by atoms with Crippen LogP contribution in [-0.4, -0.2) is 51.2 Å². The maximum atomic E-state index is 5.21. The summed E-state index contributed by atoms with van der Waals surface area (Å²) in [4.78, 5) is 9.67. The molecule has 2 bridgehead atoms. The molecule has 0 unspecified atom stereocenters. The molecular weight excluding hydrogens is 252 g/mol. The van der Waals surface area contributed by atoms with Gasteiger partial charge in [-0.25, -0.2) is 0 Å². The van der Waals surface area contributed by atoms with Crippen LogP contribution in [-0.2, 0) is 13.0 Å². The van der Waals surface area contributed by atoms with E-state index in [9.17, 15) is 0 Å². The van der Waals surface area contributed by atoms with E-state index in [1.165, 1.54) is 19.3 Å². The topological polar surface area (TPSA) is 45.4 Å². The van der Waals surface area contributed by atoms with Crippen LogP contribution in [0.1, 0.15) is 51.7 Å². The van der Waals surface area contributed by atoms with Crippen LogP contribution in [0.4, 0.5) is 0 Å². The van der Waals surface area contributed by atoms with E-state index >= 15 is 0 Å². The molecule has 2 aliphatic rings. The van der Waals surface area contributed by atoms with Gasteiger partial charge in [0.2, 0.25) is 5.89 Å². The van der Waals surface area contributed by atoms with Gasteiger partial charge in [0.1, 0.15) is 0 Å². The van der Waals surface area contributed by atoms with Crippen LogP contribution in [0.15, 0.2) is 4.52 Å². The van der Waals surface area contributed by atoms with E-state index in [0.717, 1.165) is 43.8 Å². The first kappa shape index (κ1) is 14.0. The lowest BCUT2D eigenvalue weighted by molar-refractivity contribution is 0.144. The summed E-state index contributed by atoms with van der Waals surface area (Å²) in [7, 11) is 0. The molecule has 5 heteroatoms. The highest BCUT2D eigenvalue weighted by Crippen LogP contribution is 2.32. The quantitative estimate of drug-likeness (QED) is 0.844. The van der Waals surface area contributed by atoms with Crippen LogP contribution in [0, 0.1) is 0 Å². The van der Waals surface area contributed by atoms with Gasteiger partial charge in [-0.05, 0) is 33.1 Å². The molecule has 5 nitrogen and oxygen atoms in total. The van der Waals surface area contributed by atoms with Gasteiger partial charge in [0.05, 0.1) is 6.54 Å². The van der Waals surface area contributed by atoms with E-state index in [1.807, 2.05) is 6.92 Å². The van der Waals surface area contributed by atoms with Crippen molar-refractivity contribution in [2.75, 3.05) is 13.1 Å². The van der Waals surface area contributed by atoms with E-state index in [1.54, 1.807) is 0 Å². The molecule has 2 atom stereocenters. The van der Waals surface area contributed by atoms with Crippen LogP contribution in [0.25, 0.3) is 0 Å². The smallest absolute Gasteiger partial charge is 0.226 e. The van der Waals surface area contributed by atoms with Gasteiger partial charge in [0.15, 0.2) is 5.82 Å². The zero-order valence-corrected chi connectivity index (χ0v) is 12.9. The molecule has 0 aliphatic carbocycles. The molecular formula is C15H26N4O. The summed E-state index contributed by atoms with van der Waals surface area (Å²) in [6.45, 7) is 9.83. The molecule has 3 rings (SSSR count). The zero-order chi connectivity index (χ0) is 14.1. The lowest BCUT2D eigenvalue weighted by atomic mass is 10.1. The molecule has 1 aromatic heterocycles. The van der Waals surface area contributed by atoms with Crippen molar-refractivity contribution >= 4 is 0 Å². The first-order valence-corrected chi connectivity index (χ1v) is 7.98. The first-order chi connectivity index (χ1) is 9.67. The largest absolute Gasteiger partial charge is 0.339 e. The number of aromatic nitrogens is 2. The Kier molecular flexibility index (Phi) is 4.08. The van der Waals surface area contributed by atoms with Crippen molar-refractivity contribution in [2.45, 2.75) is 71.1 Å². The highest BCUT2D eigenvalue weighted by atomic mass is 16.5. The highest BCUT2D eigenvalue weighted by molar-refractivity contribution is 4.95. The van der Waals surface area contributed by atoms with Gasteiger partial charge in [-0.3, -0.25) is 9.80 Å². The minimum Gasteiger partial charge on any atom is -0.339 e. The first-order valence-electron chi connectivity index (χ1n) is 7.98. The van der Waals surface area contributed by atoms with Crippen LogP contribution < -0.4 is 0 Å². The van der Waals surface area contributed by atoms with Gasteiger partial charge in [-0.15, -0.1) is 0 Å². The zero-order valence-electron chi connectivity index (χ0n) is 12.9. The molecule has 0 saturated carbocycles.